The Morgan fingerprint density at radius 3 is 3.00 bits per heavy atom. The Hall–Kier alpha value is -1.63. The Labute approximate surface area is 116 Å². The van der Waals surface area contributed by atoms with Crippen molar-refractivity contribution in [3.63, 3.8) is 0 Å². The van der Waals surface area contributed by atoms with E-state index in [9.17, 15) is 0 Å². The molecule has 0 spiro atoms. The summed E-state index contributed by atoms with van der Waals surface area (Å²) < 4.78 is 10.8. The summed E-state index contributed by atoms with van der Waals surface area (Å²) in [5, 5.41) is 1.97. The van der Waals surface area contributed by atoms with Crippen molar-refractivity contribution in [2.24, 2.45) is 5.84 Å². The summed E-state index contributed by atoms with van der Waals surface area (Å²) in [5.41, 5.74) is 3.74. The van der Waals surface area contributed by atoms with Gasteiger partial charge in [-0.05, 0) is 30.0 Å². The van der Waals surface area contributed by atoms with Gasteiger partial charge in [0.15, 0.2) is 0 Å². The van der Waals surface area contributed by atoms with Gasteiger partial charge in [0.25, 0.3) is 0 Å². The molecule has 102 valence electrons. The lowest BCUT2D eigenvalue weighted by molar-refractivity contribution is 0.338. The number of aromatic nitrogens is 1. The lowest BCUT2D eigenvalue weighted by Gasteiger charge is -2.16. The van der Waals surface area contributed by atoms with Gasteiger partial charge >= 0.3 is 0 Å². The van der Waals surface area contributed by atoms with Crippen LogP contribution in [-0.4, -0.2) is 18.7 Å². The zero-order chi connectivity index (χ0) is 13.7. The summed E-state index contributed by atoms with van der Waals surface area (Å²) in [6.07, 6.45) is 3.46. The zero-order valence-electron chi connectivity index (χ0n) is 10.9. The fourth-order valence-electron chi connectivity index (χ4n) is 1.85. The molecule has 0 aliphatic carbocycles. The van der Waals surface area contributed by atoms with Gasteiger partial charge in [-0.15, -0.1) is 11.3 Å². The molecule has 19 heavy (non-hydrogen) atoms. The third kappa shape index (κ3) is 3.04. The second-order valence-corrected chi connectivity index (χ2v) is 4.79. The number of nitrogens with zero attached hydrogens (tertiary/aromatic N) is 1. The number of nitrogens with two attached hydrogens (primary N) is 1. The number of hydrogen-bond acceptors (Lipinski definition) is 6. The number of hydrogen-bond donors (Lipinski definition) is 2. The monoisotopic (exact) mass is 279 g/mol. The molecule has 0 aliphatic rings. The zero-order valence-corrected chi connectivity index (χ0v) is 11.7. The highest BCUT2D eigenvalue weighted by atomic mass is 32.1. The maximum absolute atomic E-state index is 5.68. The van der Waals surface area contributed by atoms with Crippen LogP contribution in [0.15, 0.2) is 29.9 Å². The van der Waals surface area contributed by atoms with Gasteiger partial charge in [0.2, 0.25) is 0 Å². The predicted octanol–water partition coefficient (Wildman–Crippen LogP) is 2.10. The van der Waals surface area contributed by atoms with Crippen LogP contribution in [0.3, 0.4) is 0 Å². The maximum atomic E-state index is 5.68. The summed E-state index contributed by atoms with van der Waals surface area (Å²) >= 11 is 1.58. The van der Waals surface area contributed by atoms with Crippen molar-refractivity contribution in [3.8, 4) is 11.5 Å². The molecule has 0 saturated heterocycles. The molecule has 0 fully saturated rings. The van der Waals surface area contributed by atoms with Crippen molar-refractivity contribution < 1.29 is 9.47 Å². The molecule has 5 nitrogen and oxygen atoms in total. The van der Waals surface area contributed by atoms with E-state index in [1.807, 2.05) is 24.4 Å². The van der Waals surface area contributed by atoms with Crippen LogP contribution < -0.4 is 20.7 Å². The number of rotatable bonds is 6. The molecule has 2 aromatic heterocycles. The average molecular weight is 279 g/mol. The number of pyridine rings is 1. The molecule has 0 aliphatic heterocycles. The van der Waals surface area contributed by atoms with E-state index in [4.69, 9.17) is 15.3 Å². The Morgan fingerprint density at radius 1 is 1.47 bits per heavy atom. The van der Waals surface area contributed by atoms with E-state index < -0.39 is 0 Å². The van der Waals surface area contributed by atoms with Gasteiger partial charge in [-0.2, -0.15) is 0 Å². The predicted molar refractivity (Wildman–Crippen MR) is 75.4 cm³/mol. The summed E-state index contributed by atoms with van der Waals surface area (Å²) in [4.78, 5) is 5.20. The van der Waals surface area contributed by atoms with Gasteiger partial charge in [-0.25, -0.2) is 5.43 Å². The van der Waals surface area contributed by atoms with Gasteiger partial charge in [0, 0.05) is 6.20 Å². The number of methoxy groups -OCH3 is 1. The largest absolute Gasteiger partial charge is 0.496 e. The van der Waals surface area contributed by atoms with E-state index in [2.05, 4.69) is 10.4 Å². The quantitative estimate of drug-likeness (QED) is 0.626. The van der Waals surface area contributed by atoms with Crippen molar-refractivity contribution in [3.05, 3.63) is 40.3 Å². The molecule has 2 aromatic rings. The topological polar surface area (TPSA) is 69.4 Å². The molecule has 0 radical (unpaired) electrons. The van der Waals surface area contributed by atoms with Crippen LogP contribution in [0.5, 0.6) is 11.5 Å². The molecular weight excluding hydrogens is 262 g/mol. The molecule has 0 bridgehead atoms. The second kappa shape index (κ2) is 6.51. The van der Waals surface area contributed by atoms with Crippen LogP contribution in [0.2, 0.25) is 0 Å². The number of hydrazine groups is 1. The van der Waals surface area contributed by atoms with Gasteiger partial charge in [-0.3, -0.25) is 10.8 Å². The molecule has 1 unspecified atom stereocenters. The molecule has 0 saturated carbocycles. The minimum Gasteiger partial charge on any atom is -0.496 e. The van der Waals surface area contributed by atoms with Crippen LogP contribution in [0.25, 0.3) is 0 Å². The van der Waals surface area contributed by atoms with Crippen LogP contribution in [-0.2, 0) is 0 Å². The number of ether oxygens (including phenoxy) is 2. The van der Waals surface area contributed by atoms with E-state index in [-0.39, 0.29) is 6.04 Å². The van der Waals surface area contributed by atoms with E-state index in [0.29, 0.717) is 6.61 Å². The van der Waals surface area contributed by atoms with Crippen LogP contribution in [0, 0.1) is 0 Å². The standard InChI is InChI=1S/C13H17N3O2S/c1-3-18-10-6-9(7-15-8-10)12(16-14)13-11(17-2)4-5-19-13/h4-8,12,16H,3,14H2,1-2H3. The lowest BCUT2D eigenvalue weighted by Crippen LogP contribution is -2.28. The molecular formula is C13H17N3O2S. The third-order valence-corrected chi connectivity index (χ3v) is 3.65. The third-order valence-electron chi connectivity index (χ3n) is 2.68. The van der Waals surface area contributed by atoms with Gasteiger partial charge < -0.3 is 9.47 Å². The van der Waals surface area contributed by atoms with Gasteiger partial charge in [-0.1, -0.05) is 0 Å². The van der Waals surface area contributed by atoms with Crippen molar-refractivity contribution in [1.29, 1.82) is 0 Å². The molecule has 2 rings (SSSR count). The maximum Gasteiger partial charge on any atom is 0.137 e. The molecule has 1 atom stereocenters. The highest BCUT2D eigenvalue weighted by molar-refractivity contribution is 7.10. The van der Waals surface area contributed by atoms with E-state index in [1.165, 1.54) is 0 Å². The minimum atomic E-state index is -0.164. The second-order valence-electron chi connectivity index (χ2n) is 3.84. The minimum absolute atomic E-state index is 0.164. The highest BCUT2D eigenvalue weighted by Gasteiger charge is 2.19. The number of nitrogens with one attached hydrogen (secondary N) is 1. The Morgan fingerprint density at radius 2 is 2.32 bits per heavy atom. The summed E-state index contributed by atoms with van der Waals surface area (Å²) in [6, 6.07) is 3.69. The Bertz CT molecular complexity index is 530. The van der Waals surface area contributed by atoms with Gasteiger partial charge in [0.1, 0.15) is 11.5 Å². The van der Waals surface area contributed by atoms with E-state index in [0.717, 1.165) is 21.9 Å². The van der Waals surface area contributed by atoms with Gasteiger partial charge in [0.05, 0.1) is 30.8 Å². The first kappa shape index (κ1) is 13.8. The summed E-state index contributed by atoms with van der Waals surface area (Å²) in [6.45, 7) is 2.54. The van der Waals surface area contributed by atoms with Crippen LogP contribution in [0.1, 0.15) is 23.4 Å². The summed E-state index contributed by atoms with van der Waals surface area (Å²) in [5.74, 6) is 7.22. The first-order valence-corrected chi connectivity index (χ1v) is 6.83. The lowest BCUT2D eigenvalue weighted by atomic mass is 10.1. The SMILES string of the molecule is CCOc1cncc(C(NN)c2sccc2OC)c1. The molecule has 0 aromatic carbocycles. The fraction of sp³-hybridized carbons (Fsp3) is 0.308. The normalized spacial score (nSPS) is 12.2. The van der Waals surface area contributed by atoms with E-state index >= 15 is 0 Å². The molecule has 0 amide bonds. The molecule has 6 heteroatoms. The van der Waals surface area contributed by atoms with Crippen LogP contribution >= 0.6 is 11.3 Å². The highest BCUT2D eigenvalue weighted by Crippen LogP contribution is 2.34. The first-order valence-electron chi connectivity index (χ1n) is 5.95. The fourth-order valence-corrected chi connectivity index (χ4v) is 2.80. The first-order chi connectivity index (χ1) is 9.30. The molecule has 3 N–H and O–H groups in total. The van der Waals surface area contributed by atoms with Crippen molar-refractivity contribution in [1.82, 2.24) is 10.4 Å². The average Bonchev–Trinajstić information content (AvgIpc) is 2.89. The van der Waals surface area contributed by atoms with Crippen LogP contribution in [0.4, 0.5) is 0 Å². The van der Waals surface area contributed by atoms with Crippen molar-refractivity contribution in [2.75, 3.05) is 13.7 Å². The number of thiophene rings is 1. The van der Waals surface area contributed by atoms with E-state index in [1.54, 1.807) is 30.8 Å². The smallest absolute Gasteiger partial charge is 0.137 e. The van der Waals surface area contributed by atoms with Crippen molar-refractivity contribution in [2.45, 2.75) is 13.0 Å². The Balaban J connectivity index is 2.34. The Kier molecular flexibility index (Phi) is 4.73. The van der Waals surface area contributed by atoms with Crippen molar-refractivity contribution >= 4 is 11.3 Å². The molecule has 2 heterocycles. The summed E-state index contributed by atoms with van der Waals surface area (Å²) in [7, 11) is 1.65.